The van der Waals surface area contributed by atoms with E-state index in [4.69, 9.17) is 4.74 Å². The van der Waals surface area contributed by atoms with Crippen LogP contribution in [0.25, 0.3) is 0 Å². The van der Waals surface area contributed by atoms with Gasteiger partial charge in [0.05, 0.1) is 13.2 Å². The molecule has 0 unspecified atom stereocenters. The number of nitrogens with zero attached hydrogens (tertiary/aromatic N) is 1. The molecule has 0 bridgehead atoms. The van der Waals surface area contributed by atoms with Gasteiger partial charge in [-0.25, -0.2) is 0 Å². The molecule has 1 aliphatic heterocycles. The third-order valence-corrected chi connectivity index (χ3v) is 3.19. The van der Waals surface area contributed by atoms with Gasteiger partial charge in [0.15, 0.2) is 0 Å². The van der Waals surface area contributed by atoms with Crippen LogP contribution in [0.2, 0.25) is 0 Å². The van der Waals surface area contributed by atoms with Gasteiger partial charge in [0, 0.05) is 6.54 Å². The largest absolute Gasteiger partial charge is 0.494 e. The molecule has 0 spiro atoms. The fourth-order valence-electron chi connectivity index (χ4n) is 2.22. The molecule has 0 aliphatic carbocycles. The van der Waals surface area contributed by atoms with Gasteiger partial charge < -0.3 is 15.0 Å². The first kappa shape index (κ1) is 14.4. The summed E-state index contributed by atoms with van der Waals surface area (Å²) < 4.78 is 5.57. The molecule has 20 heavy (non-hydrogen) atoms. The normalized spacial score (nSPS) is 17.8. The number of para-hydroxylation sites is 1. The number of ether oxygens (including phenoxy) is 1. The number of benzene rings is 1. The second-order valence-corrected chi connectivity index (χ2v) is 5.41. The van der Waals surface area contributed by atoms with Crippen molar-refractivity contribution in [3.05, 3.63) is 30.3 Å². The molecule has 1 aromatic carbocycles. The summed E-state index contributed by atoms with van der Waals surface area (Å²) >= 11 is 0. The summed E-state index contributed by atoms with van der Waals surface area (Å²) in [5.74, 6) is 0.658. The lowest BCUT2D eigenvalue weighted by Gasteiger charge is -2.37. The van der Waals surface area contributed by atoms with Gasteiger partial charge in [-0.15, -0.1) is 0 Å². The predicted octanol–water partition coefficient (Wildman–Crippen LogP) is 1.19. The molecule has 5 heteroatoms. The Kier molecular flexibility index (Phi) is 4.27. The summed E-state index contributed by atoms with van der Waals surface area (Å²) in [5.41, 5.74) is -0.810. The smallest absolute Gasteiger partial charge is 0.248 e. The van der Waals surface area contributed by atoms with Gasteiger partial charge in [0.1, 0.15) is 11.3 Å². The second-order valence-electron chi connectivity index (χ2n) is 5.41. The maximum absolute atomic E-state index is 12.1. The van der Waals surface area contributed by atoms with E-state index in [0.29, 0.717) is 19.6 Å². The van der Waals surface area contributed by atoms with Crippen molar-refractivity contribution >= 4 is 11.8 Å². The fourth-order valence-corrected chi connectivity index (χ4v) is 2.22. The summed E-state index contributed by atoms with van der Waals surface area (Å²) in [6.07, 6.45) is 0.698. The standard InChI is InChI=1S/C15H20N2O3/c1-15(2)14(19)17(11-13(18)16-15)9-6-10-20-12-7-4-3-5-8-12/h3-5,7-8H,6,9-11H2,1-2H3,(H,16,18). The van der Waals surface area contributed by atoms with Crippen LogP contribution in [0, 0.1) is 0 Å². The topological polar surface area (TPSA) is 58.6 Å². The average molecular weight is 276 g/mol. The van der Waals surface area contributed by atoms with Crippen LogP contribution in [0.15, 0.2) is 30.3 Å². The van der Waals surface area contributed by atoms with Crippen LogP contribution in [0.1, 0.15) is 20.3 Å². The monoisotopic (exact) mass is 276 g/mol. The molecular weight excluding hydrogens is 256 g/mol. The van der Waals surface area contributed by atoms with Crippen molar-refractivity contribution in [2.75, 3.05) is 19.7 Å². The van der Waals surface area contributed by atoms with Gasteiger partial charge in [0.25, 0.3) is 0 Å². The maximum Gasteiger partial charge on any atom is 0.248 e. The molecule has 0 atom stereocenters. The number of hydrogen-bond acceptors (Lipinski definition) is 3. The molecule has 5 nitrogen and oxygen atoms in total. The van der Waals surface area contributed by atoms with Crippen LogP contribution in [0.4, 0.5) is 0 Å². The Labute approximate surface area is 118 Å². The van der Waals surface area contributed by atoms with Crippen molar-refractivity contribution in [1.82, 2.24) is 10.2 Å². The predicted molar refractivity (Wildman–Crippen MR) is 75.4 cm³/mol. The average Bonchev–Trinajstić information content (AvgIpc) is 2.40. The van der Waals surface area contributed by atoms with Crippen molar-refractivity contribution in [3.8, 4) is 5.75 Å². The Morgan fingerprint density at radius 2 is 1.95 bits per heavy atom. The van der Waals surface area contributed by atoms with Crippen molar-refractivity contribution in [2.24, 2.45) is 0 Å². The number of carbonyl (C=O) groups excluding carboxylic acids is 2. The van der Waals surface area contributed by atoms with E-state index in [1.165, 1.54) is 0 Å². The Bertz CT molecular complexity index is 485. The number of carbonyl (C=O) groups is 2. The van der Waals surface area contributed by atoms with E-state index in [0.717, 1.165) is 5.75 Å². The van der Waals surface area contributed by atoms with Crippen molar-refractivity contribution in [2.45, 2.75) is 25.8 Å². The number of piperazine rings is 1. The maximum atomic E-state index is 12.1. The SMILES string of the molecule is CC1(C)NC(=O)CN(CCCOc2ccccc2)C1=O. The zero-order valence-electron chi connectivity index (χ0n) is 11.9. The summed E-state index contributed by atoms with van der Waals surface area (Å²) in [6.45, 7) is 4.63. The van der Waals surface area contributed by atoms with Crippen LogP contribution >= 0.6 is 0 Å². The quantitative estimate of drug-likeness (QED) is 0.822. The highest BCUT2D eigenvalue weighted by Gasteiger charge is 2.38. The number of nitrogens with one attached hydrogen (secondary N) is 1. The van der Waals surface area contributed by atoms with E-state index in [1.54, 1.807) is 18.7 Å². The molecule has 1 aliphatic rings. The fraction of sp³-hybridized carbons (Fsp3) is 0.467. The third kappa shape index (κ3) is 3.50. The molecule has 108 valence electrons. The molecule has 1 heterocycles. The molecule has 2 rings (SSSR count). The van der Waals surface area contributed by atoms with Crippen LogP contribution < -0.4 is 10.1 Å². The van der Waals surface area contributed by atoms with Gasteiger partial charge in [-0.1, -0.05) is 18.2 Å². The van der Waals surface area contributed by atoms with Crippen LogP contribution in [-0.4, -0.2) is 41.9 Å². The molecule has 0 aromatic heterocycles. The molecule has 1 N–H and O–H groups in total. The lowest BCUT2D eigenvalue weighted by Crippen LogP contribution is -2.63. The van der Waals surface area contributed by atoms with Gasteiger partial charge in [-0.2, -0.15) is 0 Å². The van der Waals surface area contributed by atoms with Crippen LogP contribution in [0.5, 0.6) is 5.75 Å². The number of hydrogen-bond donors (Lipinski definition) is 1. The highest BCUT2D eigenvalue weighted by atomic mass is 16.5. The first-order valence-electron chi connectivity index (χ1n) is 6.77. The molecule has 1 saturated heterocycles. The summed E-state index contributed by atoms with van der Waals surface area (Å²) in [4.78, 5) is 25.3. The summed E-state index contributed by atoms with van der Waals surface area (Å²) in [6, 6.07) is 9.54. The minimum atomic E-state index is -0.810. The Balaban J connectivity index is 1.79. The highest BCUT2D eigenvalue weighted by molar-refractivity contribution is 5.97. The highest BCUT2D eigenvalue weighted by Crippen LogP contribution is 2.14. The van der Waals surface area contributed by atoms with Crippen molar-refractivity contribution < 1.29 is 14.3 Å². The Hall–Kier alpha value is -2.04. The minimum Gasteiger partial charge on any atom is -0.494 e. The minimum absolute atomic E-state index is 0.0446. The van der Waals surface area contributed by atoms with Crippen molar-refractivity contribution in [1.29, 1.82) is 0 Å². The first-order valence-corrected chi connectivity index (χ1v) is 6.77. The summed E-state index contributed by atoms with van der Waals surface area (Å²) in [5, 5.41) is 2.69. The molecule has 0 saturated carbocycles. The first-order chi connectivity index (χ1) is 9.49. The summed E-state index contributed by atoms with van der Waals surface area (Å²) in [7, 11) is 0. The number of rotatable bonds is 5. The molecule has 0 radical (unpaired) electrons. The van der Waals surface area contributed by atoms with E-state index in [9.17, 15) is 9.59 Å². The molecule has 1 fully saturated rings. The van der Waals surface area contributed by atoms with Gasteiger partial charge in [-0.05, 0) is 32.4 Å². The number of amides is 2. The Morgan fingerprint density at radius 1 is 1.25 bits per heavy atom. The molecular formula is C15H20N2O3. The van der Waals surface area contributed by atoms with E-state index in [-0.39, 0.29) is 18.4 Å². The third-order valence-electron chi connectivity index (χ3n) is 3.19. The second kappa shape index (κ2) is 5.94. The van der Waals surface area contributed by atoms with Crippen LogP contribution in [-0.2, 0) is 9.59 Å². The van der Waals surface area contributed by atoms with Gasteiger partial charge >= 0.3 is 0 Å². The zero-order chi connectivity index (χ0) is 14.6. The van der Waals surface area contributed by atoms with E-state index in [1.807, 2.05) is 30.3 Å². The van der Waals surface area contributed by atoms with E-state index >= 15 is 0 Å². The van der Waals surface area contributed by atoms with E-state index < -0.39 is 5.54 Å². The zero-order valence-corrected chi connectivity index (χ0v) is 11.9. The van der Waals surface area contributed by atoms with Gasteiger partial charge in [-0.3, -0.25) is 9.59 Å². The van der Waals surface area contributed by atoms with E-state index in [2.05, 4.69) is 5.32 Å². The van der Waals surface area contributed by atoms with Gasteiger partial charge in [0.2, 0.25) is 11.8 Å². The lowest BCUT2D eigenvalue weighted by atomic mass is 10.0. The van der Waals surface area contributed by atoms with Crippen molar-refractivity contribution in [3.63, 3.8) is 0 Å². The Morgan fingerprint density at radius 3 is 2.65 bits per heavy atom. The lowest BCUT2D eigenvalue weighted by molar-refractivity contribution is -0.148. The molecule has 2 amide bonds. The van der Waals surface area contributed by atoms with Crippen LogP contribution in [0.3, 0.4) is 0 Å². The molecule has 1 aromatic rings.